The van der Waals surface area contributed by atoms with Crippen LogP contribution < -0.4 is 16.0 Å². The third-order valence-electron chi connectivity index (χ3n) is 4.03. The molecule has 1 saturated heterocycles. The monoisotopic (exact) mass is 361 g/mol. The van der Waals surface area contributed by atoms with Crippen LogP contribution in [-0.4, -0.2) is 34.7 Å². The van der Waals surface area contributed by atoms with Gasteiger partial charge in [-0.15, -0.1) is 0 Å². The van der Waals surface area contributed by atoms with Gasteiger partial charge in [0.05, 0.1) is 17.4 Å². The molecule has 0 radical (unpaired) electrons. The zero-order chi connectivity index (χ0) is 17.8. The van der Waals surface area contributed by atoms with Crippen molar-refractivity contribution in [2.24, 2.45) is 0 Å². The molecule has 25 heavy (non-hydrogen) atoms. The van der Waals surface area contributed by atoms with Crippen LogP contribution in [0.15, 0.2) is 30.5 Å². The summed E-state index contributed by atoms with van der Waals surface area (Å²) in [5.41, 5.74) is 1.25. The van der Waals surface area contributed by atoms with Crippen LogP contribution in [0.5, 0.6) is 0 Å². The maximum atomic E-state index is 12.5. The molecule has 2 aromatic rings. The standard InChI is InChI=1S/C17H20ClN5O2/c1-11(24)20-16-9-12(18)4-5-14(16)21-17(25)15-6-8-23(22-15)13-3-2-7-19-10-13/h4-6,8-9,13,19H,2-3,7,10H2,1H3,(H,20,24)(H,21,25). The second-order valence-corrected chi connectivity index (χ2v) is 6.44. The number of aromatic nitrogens is 2. The normalized spacial score (nSPS) is 17.1. The predicted molar refractivity (Wildman–Crippen MR) is 97.1 cm³/mol. The van der Waals surface area contributed by atoms with Crippen molar-refractivity contribution in [3.05, 3.63) is 41.2 Å². The van der Waals surface area contributed by atoms with E-state index >= 15 is 0 Å². The Balaban J connectivity index is 1.74. The van der Waals surface area contributed by atoms with Gasteiger partial charge in [-0.3, -0.25) is 14.3 Å². The highest BCUT2D eigenvalue weighted by molar-refractivity contribution is 6.31. The number of halogens is 1. The molecule has 3 N–H and O–H groups in total. The van der Waals surface area contributed by atoms with Crippen LogP contribution in [0, 0.1) is 0 Å². The quantitative estimate of drug-likeness (QED) is 0.781. The van der Waals surface area contributed by atoms with E-state index in [1.807, 2.05) is 10.9 Å². The predicted octanol–water partition coefficient (Wildman–Crippen LogP) is 2.67. The van der Waals surface area contributed by atoms with Gasteiger partial charge in [-0.2, -0.15) is 5.10 Å². The number of carbonyl (C=O) groups is 2. The summed E-state index contributed by atoms with van der Waals surface area (Å²) < 4.78 is 1.83. The first-order valence-corrected chi connectivity index (χ1v) is 8.55. The van der Waals surface area contributed by atoms with Crippen LogP contribution in [0.25, 0.3) is 0 Å². The number of hydrogen-bond acceptors (Lipinski definition) is 4. The van der Waals surface area contributed by atoms with E-state index in [0.717, 1.165) is 25.9 Å². The van der Waals surface area contributed by atoms with E-state index in [0.29, 0.717) is 22.1 Å². The number of benzene rings is 1. The molecule has 2 amide bonds. The number of carbonyl (C=O) groups excluding carboxylic acids is 2. The number of nitrogens with one attached hydrogen (secondary N) is 3. The molecule has 8 heteroatoms. The van der Waals surface area contributed by atoms with E-state index in [-0.39, 0.29) is 17.9 Å². The fourth-order valence-electron chi connectivity index (χ4n) is 2.83. The summed E-state index contributed by atoms with van der Waals surface area (Å²) in [7, 11) is 0. The number of amides is 2. The second kappa shape index (κ2) is 7.67. The third-order valence-corrected chi connectivity index (χ3v) is 4.26. The Kier molecular flexibility index (Phi) is 5.35. The van der Waals surface area contributed by atoms with Crippen LogP contribution >= 0.6 is 11.6 Å². The van der Waals surface area contributed by atoms with Gasteiger partial charge in [-0.05, 0) is 43.7 Å². The molecule has 0 spiro atoms. The Morgan fingerprint density at radius 3 is 2.84 bits per heavy atom. The Morgan fingerprint density at radius 2 is 2.12 bits per heavy atom. The van der Waals surface area contributed by atoms with Gasteiger partial charge in [0.25, 0.3) is 5.91 Å². The first-order chi connectivity index (χ1) is 12.0. The van der Waals surface area contributed by atoms with Gasteiger partial charge < -0.3 is 16.0 Å². The lowest BCUT2D eigenvalue weighted by molar-refractivity contribution is -0.114. The maximum Gasteiger partial charge on any atom is 0.276 e. The average Bonchev–Trinajstić information content (AvgIpc) is 3.08. The van der Waals surface area contributed by atoms with Gasteiger partial charge in [0.1, 0.15) is 0 Å². The molecule has 3 rings (SSSR count). The Bertz CT molecular complexity index is 783. The highest BCUT2D eigenvalue weighted by Crippen LogP contribution is 2.26. The minimum absolute atomic E-state index is 0.244. The summed E-state index contributed by atoms with van der Waals surface area (Å²) in [4.78, 5) is 23.8. The first-order valence-electron chi connectivity index (χ1n) is 8.17. The fourth-order valence-corrected chi connectivity index (χ4v) is 3.00. The van der Waals surface area contributed by atoms with Crippen molar-refractivity contribution in [3.8, 4) is 0 Å². The molecule has 1 aromatic heterocycles. The number of nitrogens with zero attached hydrogens (tertiary/aromatic N) is 2. The van der Waals surface area contributed by atoms with E-state index in [1.54, 1.807) is 24.3 Å². The molecule has 7 nitrogen and oxygen atoms in total. The van der Waals surface area contributed by atoms with Crippen LogP contribution in [0.1, 0.15) is 36.3 Å². The second-order valence-electron chi connectivity index (χ2n) is 6.01. The summed E-state index contributed by atoms with van der Waals surface area (Å²) in [5.74, 6) is -0.580. The lowest BCUT2D eigenvalue weighted by atomic mass is 10.1. The zero-order valence-electron chi connectivity index (χ0n) is 13.9. The molecule has 1 fully saturated rings. The van der Waals surface area contributed by atoms with E-state index in [4.69, 9.17) is 11.6 Å². The molecule has 1 unspecified atom stereocenters. The van der Waals surface area contributed by atoms with Crippen molar-refractivity contribution in [2.45, 2.75) is 25.8 Å². The molecule has 1 aliphatic rings. The Hall–Kier alpha value is -2.38. The number of piperidine rings is 1. The van der Waals surface area contributed by atoms with Crippen molar-refractivity contribution >= 4 is 34.8 Å². The SMILES string of the molecule is CC(=O)Nc1cc(Cl)ccc1NC(=O)c1ccn(C2CCCNC2)n1. The average molecular weight is 362 g/mol. The summed E-state index contributed by atoms with van der Waals surface area (Å²) in [6.07, 6.45) is 3.96. The highest BCUT2D eigenvalue weighted by atomic mass is 35.5. The Labute approximate surface area is 150 Å². The third kappa shape index (κ3) is 4.37. The largest absolute Gasteiger partial charge is 0.324 e. The number of rotatable bonds is 4. The lowest BCUT2D eigenvalue weighted by Crippen LogP contribution is -2.32. The Morgan fingerprint density at radius 1 is 1.28 bits per heavy atom. The van der Waals surface area contributed by atoms with E-state index in [9.17, 15) is 9.59 Å². The lowest BCUT2D eigenvalue weighted by Gasteiger charge is -2.22. The van der Waals surface area contributed by atoms with Gasteiger partial charge in [0, 0.05) is 24.7 Å². The maximum absolute atomic E-state index is 12.5. The highest BCUT2D eigenvalue weighted by Gasteiger charge is 2.18. The molecular weight excluding hydrogens is 342 g/mol. The van der Waals surface area contributed by atoms with Crippen molar-refractivity contribution in [1.29, 1.82) is 0 Å². The van der Waals surface area contributed by atoms with Crippen LogP contribution in [0.4, 0.5) is 11.4 Å². The van der Waals surface area contributed by atoms with Crippen molar-refractivity contribution < 1.29 is 9.59 Å². The molecule has 2 heterocycles. The first kappa shape index (κ1) is 17.4. The van der Waals surface area contributed by atoms with E-state index in [1.165, 1.54) is 6.92 Å². The zero-order valence-corrected chi connectivity index (χ0v) is 14.6. The van der Waals surface area contributed by atoms with Crippen LogP contribution in [-0.2, 0) is 4.79 Å². The van der Waals surface area contributed by atoms with Gasteiger partial charge in [-0.1, -0.05) is 11.6 Å². The molecular formula is C17H20ClN5O2. The molecule has 1 aromatic carbocycles. The summed E-state index contributed by atoms with van der Waals surface area (Å²) in [6, 6.07) is 6.84. The smallest absolute Gasteiger partial charge is 0.276 e. The molecule has 0 bridgehead atoms. The van der Waals surface area contributed by atoms with E-state index in [2.05, 4.69) is 21.0 Å². The van der Waals surface area contributed by atoms with Gasteiger partial charge in [-0.25, -0.2) is 0 Å². The van der Waals surface area contributed by atoms with Crippen molar-refractivity contribution in [2.75, 3.05) is 23.7 Å². The summed E-state index contributed by atoms with van der Waals surface area (Å²) >= 11 is 5.96. The number of anilines is 2. The minimum atomic E-state index is -0.337. The van der Waals surface area contributed by atoms with Crippen LogP contribution in [0.2, 0.25) is 5.02 Å². The van der Waals surface area contributed by atoms with Gasteiger partial charge in [0.2, 0.25) is 5.91 Å². The fraction of sp³-hybridized carbons (Fsp3) is 0.353. The van der Waals surface area contributed by atoms with Gasteiger partial charge >= 0.3 is 0 Å². The minimum Gasteiger partial charge on any atom is -0.324 e. The van der Waals surface area contributed by atoms with Crippen molar-refractivity contribution in [3.63, 3.8) is 0 Å². The molecule has 1 atom stereocenters. The van der Waals surface area contributed by atoms with Gasteiger partial charge in [0.15, 0.2) is 5.69 Å². The summed E-state index contributed by atoms with van der Waals surface area (Å²) in [6.45, 7) is 3.27. The van der Waals surface area contributed by atoms with Crippen molar-refractivity contribution in [1.82, 2.24) is 15.1 Å². The molecule has 0 saturated carbocycles. The van der Waals surface area contributed by atoms with E-state index < -0.39 is 0 Å². The van der Waals surface area contributed by atoms with Crippen LogP contribution in [0.3, 0.4) is 0 Å². The molecule has 1 aliphatic heterocycles. The summed E-state index contributed by atoms with van der Waals surface area (Å²) in [5, 5.41) is 13.6. The topological polar surface area (TPSA) is 88.0 Å². The molecule has 0 aliphatic carbocycles. The molecule has 132 valence electrons. The number of hydrogen-bond donors (Lipinski definition) is 3.